The van der Waals surface area contributed by atoms with Gasteiger partial charge in [0.1, 0.15) is 17.5 Å². The first-order valence-corrected chi connectivity index (χ1v) is 6.46. The average molecular weight is 280 g/mol. The predicted octanol–water partition coefficient (Wildman–Crippen LogP) is 0.983. The number of carbonyl (C=O) groups excluding carboxylic acids is 1. The molecule has 0 atom stereocenters. The number of hydrogen-bond donors (Lipinski definition) is 4. The summed E-state index contributed by atoms with van der Waals surface area (Å²) in [6.07, 6.45) is 0. The second kappa shape index (κ2) is 5.62. The first-order chi connectivity index (χ1) is 9.06. The fraction of sp³-hybridized carbons (Fsp3) is 0.615. The summed E-state index contributed by atoms with van der Waals surface area (Å²) < 4.78 is 0. The number of nitrogens with zero attached hydrogens (tertiary/aromatic N) is 2. The molecule has 0 aliphatic rings. The van der Waals surface area contributed by atoms with Crippen LogP contribution in [-0.4, -0.2) is 22.4 Å². The average Bonchev–Trinajstić information content (AvgIpc) is 2.34. The summed E-state index contributed by atoms with van der Waals surface area (Å²) in [5.41, 5.74) is 6.99. The highest BCUT2D eigenvalue weighted by Gasteiger charge is 2.25. The summed E-state index contributed by atoms with van der Waals surface area (Å²) >= 11 is 0. The standard InChI is InChI=1S/C13H24N6O/c1-12(2,3)11-17-8(6-9(18-11)19-15)16-7-13(4,5)10(14)20/h6H,7,15H2,1-5H3,(H2,14,20)(H2,16,17,18,19). The molecule has 1 heterocycles. The first kappa shape index (κ1) is 16.2. The zero-order valence-electron chi connectivity index (χ0n) is 12.7. The molecule has 0 aliphatic heterocycles. The lowest BCUT2D eigenvalue weighted by Crippen LogP contribution is -2.37. The number of carbonyl (C=O) groups is 1. The smallest absolute Gasteiger partial charge is 0.224 e. The van der Waals surface area contributed by atoms with Crippen molar-refractivity contribution in [3.63, 3.8) is 0 Å². The van der Waals surface area contributed by atoms with E-state index in [1.54, 1.807) is 19.9 Å². The Balaban J connectivity index is 2.98. The zero-order chi connectivity index (χ0) is 15.6. The van der Waals surface area contributed by atoms with Gasteiger partial charge in [0.2, 0.25) is 5.91 Å². The molecule has 1 amide bonds. The second-order valence-electron chi connectivity index (χ2n) is 6.46. The van der Waals surface area contributed by atoms with Gasteiger partial charge in [-0.3, -0.25) is 4.79 Å². The van der Waals surface area contributed by atoms with Crippen LogP contribution in [-0.2, 0) is 10.2 Å². The summed E-state index contributed by atoms with van der Waals surface area (Å²) in [7, 11) is 0. The van der Waals surface area contributed by atoms with E-state index in [-0.39, 0.29) is 11.3 Å². The number of nitrogens with one attached hydrogen (secondary N) is 2. The number of hydrazine groups is 1. The molecule has 112 valence electrons. The molecule has 0 aromatic carbocycles. The number of amides is 1. The highest BCUT2D eigenvalue weighted by atomic mass is 16.1. The minimum Gasteiger partial charge on any atom is -0.369 e. The van der Waals surface area contributed by atoms with E-state index >= 15 is 0 Å². The van der Waals surface area contributed by atoms with E-state index in [2.05, 4.69) is 20.7 Å². The van der Waals surface area contributed by atoms with Gasteiger partial charge < -0.3 is 16.5 Å². The Kier molecular flexibility index (Phi) is 4.54. The molecule has 0 bridgehead atoms. The fourth-order valence-electron chi connectivity index (χ4n) is 1.35. The number of aromatic nitrogens is 2. The van der Waals surface area contributed by atoms with Crippen LogP contribution in [0.2, 0.25) is 0 Å². The van der Waals surface area contributed by atoms with Crippen LogP contribution < -0.4 is 22.3 Å². The van der Waals surface area contributed by atoms with Gasteiger partial charge in [-0.15, -0.1) is 0 Å². The van der Waals surface area contributed by atoms with Crippen molar-refractivity contribution in [1.29, 1.82) is 0 Å². The lowest BCUT2D eigenvalue weighted by Gasteiger charge is -2.23. The van der Waals surface area contributed by atoms with Crippen LogP contribution in [0.3, 0.4) is 0 Å². The van der Waals surface area contributed by atoms with E-state index in [0.717, 1.165) is 0 Å². The van der Waals surface area contributed by atoms with Gasteiger partial charge in [0.25, 0.3) is 0 Å². The van der Waals surface area contributed by atoms with Crippen LogP contribution in [0.4, 0.5) is 11.6 Å². The number of nitrogens with two attached hydrogens (primary N) is 2. The van der Waals surface area contributed by atoms with Crippen molar-refractivity contribution in [3.8, 4) is 0 Å². The quantitative estimate of drug-likeness (QED) is 0.471. The third-order valence-electron chi connectivity index (χ3n) is 2.92. The summed E-state index contributed by atoms with van der Waals surface area (Å²) in [6, 6.07) is 1.69. The summed E-state index contributed by atoms with van der Waals surface area (Å²) in [6.45, 7) is 9.97. The van der Waals surface area contributed by atoms with Gasteiger partial charge in [0, 0.05) is 18.0 Å². The van der Waals surface area contributed by atoms with Gasteiger partial charge in [0.05, 0.1) is 5.41 Å². The first-order valence-electron chi connectivity index (χ1n) is 6.46. The number of nitrogen functional groups attached to an aromatic ring is 1. The number of hydrogen-bond acceptors (Lipinski definition) is 6. The van der Waals surface area contributed by atoms with Gasteiger partial charge in [-0.25, -0.2) is 15.8 Å². The molecule has 1 aromatic heterocycles. The molecule has 0 radical (unpaired) electrons. The summed E-state index contributed by atoms with van der Waals surface area (Å²) in [5.74, 6) is 6.83. The molecule has 7 nitrogen and oxygen atoms in total. The Hall–Kier alpha value is -1.89. The fourth-order valence-corrected chi connectivity index (χ4v) is 1.35. The van der Waals surface area contributed by atoms with Crippen molar-refractivity contribution in [3.05, 3.63) is 11.9 Å². The third kappa shape index (κ3) is 4.06. The molecule has 6 N–H and O–H groups in total. The van der Waals surface area contributed by atoms with E-state index < -0.39 is 5.41 Å². The molecule has 1 rings (SSSR count). The van der Waals surface area contributed by atoms with Crippen LogP contribution in [0.25, 0.3) is 0 Å². The Labute approximate surface area is 119 Å². The Morgan fingerprint density at radius 3 is 2.20 bits per heavy atom. The SMILES string of the molecule is CC(C)(CNc1cc(NN)nc(C(C)(C)C)n1)C(N)=O. The molecule has 7 heteroatoms. The van der Waals surface area contributed by atoms with Gasteiger partial charge in [-0.2, -0.15) is 0 Å². The Morgan fingerprint density at radius 1 is 1.20 bits per heavy atom. The molecule has 1 aromatic rings. The highest BCUT2D eigenvalue weighted by Crippen LogP contribution is 2.23. The Bertz CT molecular complexity index is 492. The largest absolute Gasteiger partial charge is 0.369 e. The van der Waals surface area contributed by atoms with E-state index in [1.807, 2.05) is 20.8 Å². The van der Waals surface area contributed by atoms with Gasteiger partial charge in [0.15, 0.2) is 0 Å². The lowest BCUT2D eigenvalue weighted by atomic mass is 9.93. The number of primary amides is 1. The monoisotopic (exact) mass is 280 g/mol. The zero-order valence-corrected chi connectivity index (χ0v) is 12.7. The summed E-state index contributed by atoms with van der Waals surface area (Å²) in [4.78, 5) is 20.1. The topological polar surface area (TPSA) is 119 Å². The van der Waals surface area contributed by atoms with E-state index in [4.69, 9.17) is 11.6 Å². The molecule has 0 saturated heterocycles. The molecular weight excluding hydrogens is 256 g/mol. The van der Waals surface area contributed by atoms with E-state index in [9.17, 15) is 4.79 Å². The molecule has 0 spiro atoms. The predicted molar refractivity (Wildman–Crippen MR) is 80.0 cm³/mol. The molecular formula is C13H24N6O. The van der Waals surface area contributed by atoms with Gasteiger partial charge >= 0.3 is 0 Å². The normalized spacial score (nSPS) is 12.1. The van der Waals surface area contributed by atoms with E-state index in [1.165, 1.54) is 0 Å². The second-order valence-corrected chi connectivity index (χ2v) is 6.46. The highest BCUT2D eigenvalue weighted by molar-refractivity contribution is 5.80. The van der Waals surface area contributed by atoms with Crippen molar-refractivity contribution in [1.82, 2.24) is 9.97 Å². The van der Waals surface area contributed by atoms with Crippen molar-refractivity contribution in [2.24, 2.45) is 17.0 Å². The minimum absolute atomic E-state index is 0.206. The van der Waals surface area contributed by atoms with Crippen LogP contribution in [0.1, 0.15) is 40.4 Å². The van der Waals surface area contributed by atoms with Gasteiger partial charge in [-0.1, -0.05) is 20.8 Å². The molecule has 0 saturated carbocycles. The van der Waals surface area contributed by atoms with Crippen LogP contribution in [0.5, 0.6) is 0 Å². The number of rotatable bonds is 5. The molecule has 0 fully saturated rings. The summed E-state index contributed by atoms with van der Waals surface area (Å²) in [5, 5.41) is 3.11. The number of anilines is 2. The Morgan fingerprint density at radius 2 is 1.75 bits per heavy atom. The van der Waals surface area contributed by atoms with Gasteiger partial charge in [-0.05, 0) is 13.8 Å². The van der Waals surface area contributed by atoms with Crippen LogP contribution in [0.15, 0.2) is 6.07 Å². The van der Waals surface area contributed by atoms with Crippen molar-refractivity contribution < 1.29 is 4.79 Å². The van der Waals surface area contributed by atoms with Crippen molar-refractivity contribution >= 4 is 17.5 Å². The maximum Gasteiger partial charge on any atom is 0.224 e. The van der Waals surface area contributed by atoms with Crippen molar-refractivity contribution in [2.45, 2.75) is 40.0 Å². The van der Waals surface area contributed by atoms with Crippen LogP contribution in [0, 0.1) is 5.41 Å². The molecule has 20 heavy (non-hydrogen) atoms. The minimum atomic E-state index is -0.664. The van der Waals surface area contributed by atoms with E-state index in [0.29, 0.717) is 24.0 Å². The molecule has 0 unspecified atom stereocenters. The maximum absolute atomic E-state index is 11.3. The molecule has 0 aliphatic carbocycles. The van der Waals surface area contributed by atoms with Crippen LogP contribution >= 0.6 is 0 Å². The third-order valence-corrected chi connectivity index (χ3v) is 2.92. The lowest BCUT2D eigenvalue weighted by molar-refractivity contribution is -0.125. The maximum atomic E-state index is 11.3. The van der Waals surface area contributed by atoms with Crippen molar-refractivity contribution in [2.75, 3.05) is 17.3 Å².